The number of fused-ring (bicyclic) bond motifs is 6. The summed E-state index contributed by atoms with van der Waals surface area (Å²) < 4.78 is 254. The van der Waals surface area contributed by atoms with Gasteiger partial charge < -0.3 is 8.98 Å². The number of aromatic nitrogens is 4. The fourth-order valence-corrected chi connectivity index (χ4v) is 5.38. The molecule has 0 radical (unpaired) electrons. The van der Waals surface area contributed by atoms with Gasteiger partial charge in [0.1, 0.15) is 11.2 Å². The summed E-state index contributed by atoms with van der Waals surface area (Å²) >= 11 is 0. The molecule has 0 aliphatic heterocycles. The number of rotatable bonds is 5. The third kappa shape index (κ3) is 4.60. The Kier molecular flexibility index (Phi) is 2.72. The van der Waals surface area contributed by atoms with Crippen LogP contribution in [0.2, 0.25) is 0 Å². The fourth-order valence-electron chi connectivity index (χ4n) is 5.38. The molecular weight excluding hydrogens is 613 g/mol. The zero-order valence-corrected chi connectivity index (χ0v) is 24.7. The summed E-state index contributed by atoms with van der Waals surface area (Å²) in [6, 6.07) is -25.3. The summed E-state index contributed by atoms with van der Waals surface area (Å²) in [6.45, 7) is 0. The van der Waals surface area contributed by atoms with Gasteiger partial charge in [0, 0.05) is 50.0 Å². The summed E-state index contributed by atoms with van der Waals surface area (Å²) in [7, 11) is 0. The third-order valence-electron chi connectivity index (χ3n) is 7.49. The van der Waals surface area contributed by atoms with Gasteiger partial charge in [0.25, 0.3) is 0 Å². The molecule has 50 heavy (non-hydrogen) atoms. The minimum Gasteiger partial charge on any atom is -0.456 e. The van der Waals surface area contributed by atoms with Crippen LogP contribution in [0.25, 0.3) is 94.7 Å². The van der Waals surface area contributed by atoms with Crippen LogP contribution in [0, 0.1) is 0 Å². The number of benzene rings is 7. The molecule has 0 N–H and O–H groups in total. The zero-order valence-electron chi connectivity index (χ0n) is 52.7. The highest BCUT2D eigenvalue weighted by atomic mass is 16.3. The van der Waals surface area contributed by atoms with Crippen molar-refractivity contribution in [1.82, 2.24) is 19.5 Å². The molecule has 3 aromatic heterocycles. The molecule has 5 nitrogen and oxygen atoms in total. The van der Waals surface area contributed by atoms with Crippen molar-refractivity contribution < 1.29 is 42.8 Å². The van der Waals surface area contributed by atoms with Crippen LogP contribution in [0.1, 0.15) is 38.4 Å². The van der Waals surface area contributed by atoms with E-state index >= 15 is 0 Å². The van der Waals surface area contributed by atoms with Gasteiger partial charge in [-0.2, -0.15) is 0 Å². The summed E-state index contributed by atoms with van der Waals surface area (Å²) in [5.74, 6) is -2.60. The minimum absolute atomic E-state index is 0.525. The van der Waals surface area contributed by atoms with Crippen molar-refractivity contribution in [2.24, 2.45) is 0 Å². The first-order valence-electron chi connectivity index (χ1n) is 28.4. The van der Waals surface area contributed by atoms with Crippen molar-refractivity contribution in [3.05, 3.63) is 169 Å². The number of nitrogens with zero attached hydrogens (tertiary/aromatic N) is 4. The van der Waals surface area contributed by atoms with Crippen molar-refractivity contribution in [2.45, 2.75) is 0 Å². The molecule has 0 saturated heterocycles. The molecule has 10 rings (SSSR count). The maximum Gasteiger partial charge on any atom is 0.166 e. The molecular formula is C45H28N4O. The zero-order chi connectivity index (χ0) is 57.4. The topological polar surface area (TPSA) is 56.7 Å². The lowest BCUT2D eigenvalue weighted by molar-refractivity contribution is 0.668. The highest BCUT2D eigenvalue weighted by Crippen LogP contribution is 2.40. The molecule has 0 atom stereocenters. The van der Waals surface area contributed by atoms with Crippen LogP contribution in [0.5, 0.6) is 0 Å². The third-order valence-corrected chi connectivity index (χ3v) is 7.49. The lowest BCUT2D eigenvalue weighted by Crippen LogP contribution is -2.02. The van der Waals surface area contributed by atoms with Crippen LogP contribution >= 0.6 is 0 Å². The molecule has 0 amide bonds. The van der Waals surface area contributed by atoms with Gasteiger partial charge in [0.2, 0.25) is 0 Å². The predicted molar refractivity (Wildman–Crippen MR) is 203 cm³/mol. The first-order chi connectivity index (χ1) is 36.4. The van der Waals surface area contributed by atoms with Crippen molar-refractivity contribution in [3.8, 4) is 51.0 Å². The van der Waals surface area contributed by atoms with Gasteiger partial charge in [-0.15, -0.1) is 0 Å². The summed E-state index contributed by atoms with van der Waals surface area (Å²) in [5, 5.41) is -2.28. The molecule has 0 unspecified atom stereocenters. The Morgan fingerprint density at radius 3 is 1.76 bits per heavy atom. The van der Waals surface area contributed by atoms with Gasteiger partial charge in [0.15, 0.2) is 17.5 Å². The standard InChI is InChI=1S/C45H28N4O/c1-4-13-29(14-5-1)32-23-26-40-38(27-32)35-25-24-33(28-41(35)50-40)49-39-22-11-10-19-34(39)36-20-12-21-37(42(36)49)45-47-43(30-15-6-2-7-16-30)46-44(48-45)31-17-8-3-9-18-31/h1-28H/i1D,2D,3D,4D,5D,6D,7D,8D,9D,10D,11D,12D,13D,14D,15D,16D,17D,18D,19D,20D,21D,22D,23D,24D,25D,26D,27D,28D. The van der Waals surface area contributed by atoms with E-state index in [0.717, 1.165) is 4.57 Å². The SMILES string of the molecule is [2H]c1c([2H])c([2H])c(-c2nc(-c3c([2H])c([2H])c([2H])c([2H])c3[2H])nc(-c3c([2H])c([2H])c([2H])c4c5c([2H])c([2H])c([2H])c([2H])c5n(-c5c([2H])c([2H])c6c(oc7c([2H])c([2H])c(-c8c([2H])c([2H])c([2H])c([2H])c8[2H])c([2H])c76)c5[2H])c34)n2)c([2H])c1[2H]. The molecule has 0 saturated carbocycles. The van der Waals surface area contributed by atoms with Crippen LogP contribution in [0.15, 0.2) is 174 Å². The van der Waals surface area contributed by atoms with Crippen LogP contribution in [0.3, 0.4) is 0 Å². The average molecular weight is 669 g/mol. The van der Waals surface area contributed by atoms with Crippen LogP contribution in [-0.4, -0.2) is 19.5 Å². The Labute approximate surface area is 327 Å². The average Bonchev–Trinajstić information content (AvgIpc) is 3.72. The molecule has 5 heteroatoms. The van der Waals surface area contributed by atoms with Gasteiger partial charge >= 0.3 is 0 Å². The quantitative estimate of drug-likeness (QED) is 0.183. The molecule has 10 aromatic rings. The van der Waals surface area contributed by atoms with Gasteiger partial charge in [-0.1, -0.05) is 127 Å². The molecule has 234 valence electrons. The molecule has 0 bridgehead atoms. The maximum absolute atomic E-state index is 9.78. The fraction of sp³-hybridized carbons (Fsp3) is 0. The Morgan fingerprint density at radius 2 is 1.04 bits per heavy atom. The number of hydrogen-bond donors (Lipinski definition) is 0. The van der Waals surface area contributed by atoms with E-state index in [0.29, 0.717) is 0 Å². The molecule has 0 fully saturated rings. The summed E-state index contributed by atoms with van der Waals surface area (Å²) in [6.07, 6.45) is 0. The molecule has 0 aliphatic carbocycles. The summed E-state index contributed by atoms with van der Waals surface area (Å²) in [5.41, 5.74) is -7.20. The van der Waals surface area contributed by atoms with Crippen molar-refractivity contribution >= 4 is 43.7 Å². The predicted octanol–water partition coefficient (Wildman–Crippen LogP) is 11.5. The van der Waals surface area contributed by atoms with Gasteiger partial charge in [0.05, 0.1) is 49.4 Å². The number of para-hydroxylation sites is 2. The monoisotopic (exact) mass is 668 g/mol. The Hall–Kier alpha value is -6.85. The van der Waals surface area contributed by atoms with Crippen LogP contribution < -0.4 is 0 Å². The lowest BCUT2D eigenvalue weighted by atomic mass is 10.0. The van der Waals surface area contributed by atoms with E-state index in [9.17, 15) is 11.0 Å². The van der Waals surface area contributed by atoms with Crippen LogP contribution in [-0.2, 0) is 0 Å². The Bertz CT molecular complexity index is 4320. The van der Waals surface area contributed by atoms with E-state index in [4.69, 9.17) is 31.8 Å². The van der Waals surface area contributed by atoms with Crippen LogP contribution in [0.4, 0.5) is 0 Å². The van der Waals surface area contributed by atoms with Crippen molar-refractivity contribution in [3.63, 3.8) is 0 Å². The second-order valence-corrected chi connectivity index (χ2v) is 10.3. The van der Waals surface area contributed by atoms with E-state index in [1.165, 1.54) is 0 Å². The minimum atomic E-state index is -1.03. The molecule has 0 spiro atoms. The van der Waals surface area contributed by atoms with E-state index in [1.54, 1.807) is 0 Å². The van der Waals surface area contributed by atoms with Crippen molar-refractivity contribution in [2.75, 3.05) is 0 Å². The first kappa shape index (κ1) is 11.9. The van der Waals surface area contributed by atoms with E-state index in [2.05, 4.69) is 15.0 Å². The van der Waals surface area contributed by atoms with E-state index in [1.807, 2.05) is 0 Å². The van der Waals surface area contributed by atoms with Gasteiger partial charge in [-0.05, 0) is 47.4 Å². The normalized spacial score (nSPS) is 19.4. The highest BCUT2D eigenvalue weighted by Gasteiger charge is 2.20. The van der Waals surface area contributed by atoms with E-state index < -0.39 is 264 Å². The molecule has 0 aliphatic rings. The Balaban J connectivity index is 1.43. The van der Waals surface area contributed by atoms with Gasteiger partial charge in [-0.25, -0.2) is 15.0 Å². The van der Waals surface area contributed by atoms with Crippen molar-refractivity contribution in [1.29, 1.82) is 0 Å². The molecule has 7 aromatic carbocycles. The number of hydrogen-bond acceptors (Lipinski definition) is 4. The Morgan fingerprint density at radius 1 is 0.420 bits per heavy atom. The van der Waals surface area contributed by atoms with Gasteiger partial charge in [-0.3, -0.25) is 0 Å². The smallest absolute Gasteiger partial charge is 0.166 e. The maximum atomic E-state index is 9.78. The summed E-state index contributed by atoms with van der Waals surface area (Å²) in [4.78, 5) is 13.0. The molecule has 3 heterocycles. The largest absolute Gasteiger partial charge is 0.456 e. The second-order valence-electron chi connectivity index (χ2n) is 10.3. The highest BCUT2D eigenvalue weighted by molar-refractivity contribution is 6.14. The number of furan rings is 1. The first-order valence-corrected chi connectivity index (χ1v) is 14.4. The lowest BCUT2D eigenvalue weighted by Gasteiger charge is -2.12. The van der Waals surface area contributed by atoms with E-state index in [-0.39, 0.29) is 0 Å². The second kappa shape index (κ2) is 11.4.